The summed E-state index contributed by atoms with van der Waals surface area (Å²) in [7, 11) is 0. The first-order valence-electron chi connectivity index (χ1n) is 5.34. The molecule has 18 heavy (non-hydrogen) atoms. The molecule has 0 amide bonds. The number of halogens is 1. The van der Waals surface area contributed by atoms with E-state index in [0.29, 0.717) is 27.8 Å². The van der Waals surface area contributed by atoms with Crippen LogP contribution in [-0.2, 0) is 0 Å². The zero-order valence-corrected chi connectivity index (χ0v) is 10.5. The van der Waals surface area contributed by atoms with Crippen molar-refractivity contribution in [3.05, 3.63) is 52.5 Å². The molecule has 2 rings (SSSR count). The normalized spacial score (nSPS) is 9.83. The maximum atomic E-state index is 8.84. The Labute approximate surface area is 110 Å². The summed E-state index contributed by atoms with van der Waals surface area (Å²) in [6.07, 6.45) is 0. The van der Waals surface area contributed by atoms with E-state index in [1.807, 2.05) is 19.1 Å². The standard InChI is InChI=1S/C14H11ClN2O/c1-9-2-5-13(11(15)6-9)18-14-7-10(8-16)3-4-12(14)17/h2-7H,17H2,1H3. The minimum Gasteiger partial charge on any atom is -0.454 e. The second-order valence-corrected chi connectivity index (χ2v) is 4.31. The lowest BCUT2D eigenvalue weighted by atomic mass is 10.2. The van der Waals surface area contributed by atoms with Gasteiger partial charge in [-0.05, 0) is 36.8 Å². The van der Waals surface area contributed by atoms with E-state index in [0.717, 1.165) is 5.56 Å². The average Bonchev–Trinajstić information content (AvgIpc) is 2.35. The molecular weight excluding hydrogens is 248 g/mol. The Bertz CT molecular complexity index is 632. The fraction of sp³-hybridized carbons (Fsp3) is 0.0714. The number of anilines is 1. The predicted octanol–water partition coefficient (Wildman–Crippen LogP) is 3.89. The Kier molecular flexibility index (Phi) is 3.40. The molecule has 0 fully saturated rings. The van der Waals surface area contributed by atoms with Crippen LogP contribution >= 0.6 is 11.6 Å². The summed E-state index contributed by atoms with van der Waals surface area (Å²) in [4.78, 5) is 0. The lowest BCUT2D eigenvalue weighted by Gasteiger charge is -2.10. The van der Waals surface area contributed by atoms with Crippen LogP contribution in [0.25, 0.3) is 0 Å². The second-order valence-electron chi connectivity index (χ2n) is 3.90. The topological polar surface area (TPSA) is 59.0 Å². The van der Waals surface area contributed by atoms with Gasteiger partial charge in [-0.2, -0.15) is 5.26 Å². The second kappa shape index (κ2) is 4.99. The van der Waals surface area contributed by atoms with Crippen molar-refractivity contribution >= 4 is 17.3 Å². The number of benzene rings is 2. The molecule has 0 aliphatic carbocycles. The summed E-state index contributed by atoms with van der Waals surface area (Å²) in [6.45, 7) is 1.94. The number of ether oxygens (including phenoxy) is 1. The molecule has 0 radical (unpaired) electrons. The fourth-order valence-corrected chi connectivity index (χ4v) is 1.77. The lowest BCUT2D eigenvalue weighted by molar-refractivity contribution is 0.485. The van der Waals surface area contributed by atoms with E-state index in [9.17, 15) is 0 Å². The summed E-state index contributed by atoms with van der Waals surface area (Å²) < 4.78 is 5.63. The van der Waals surface area contributed by atoms with Crippen LogP contribution in [0.15, 0.2) is 36.4 Å². The highest BCUT2D eigenvalue weighted by atomic mass is 35.5. The smallest absolute Gasteiger partial charge is 0.151 e. The molecule has 0 aromatic heterocycles. The summed E-state index contributed by atoms with van der Waals surface area (Å²) in [5.41, 5.74) is 7.79. The number of nitrogens with two attached hydrogens (primary N) is 1. The van der Waals surface area contributed by atoms with Crippen LogP contribution in [0.5, 0.6) is 11.5 Å². The van der Waals surface area contributed by atoms with Crippen molar-refractivity contribution < 1.29 is 4.74 Å². The number of rotatable bonds is 2. The van der Waals surface area contributed by atoms with Gasteiger partial charge in [0.25, 0.3) is 0 Å². The molecular formula is C14H11ClN2O. The molecule has 0 atom stereocenters. The van der Waals surface area contributed by atoms with Gasteiger partial charge in [-0.25, -0.2) is 0 Å². The molecule has 90 valence electrons. The molecule has 0 spiro atoms. The number of nitrogen functional groups attached to an aromatic ring is 1. The van der Waals surface area contributed by atoms with Gasteiger partial charge < -0.3 is 10.5 Å². The van der Waals surface area contributed by atoms with Crippen molar-refractivity contribution in [1.29, 1.82) is 5.26 Å². The van der Waals surface area contributed by atoms with Crippen molar-refractivity contribution in [2.75, 3.05) is 5.73 Å². The highest BCUT2D eigenvalue weighted by Gasteiger charge is 2.07. The van der Waals surface area contributed by atoms with Crippen LogP contribution in [0.2, 0.25) is 5.02 Å². The van der Waals surface area contributed by atoms with Crippen LogP contribution in [0.1, 0.15) is 11.1 Å². The Morgan fingerprint density at radius 2 is 1.94 bits per heavy atom. The van der Waals surface area contributed by atoms with Crippen molar-refractivity contribution in [3.63, 3.8) is 0 Å². The van der Waals surface area contributed by atoms with Gasteiger partial charge in [-0.3, -0.25) is 0 Å². The Morgan fingerprint density at radius 3 is 2.61 bits per heavy atom. The first-order valence-corrected chi connectivity index (χ1v) is 5.71. The first-order chi connectivity index (χ1) is 8.60. The minimum atomic E-state index is 0.430. The average molecular weight is 259 g/mol. The largest absolute Gasteiger partial charge is 0.454 e. The number of nitrogens with zero attached hydrogens (tertiary/aromatic N) is 1. The van der Waals surface area contributed by atoms with Gasteiger partial charge in [0, 0.05) is 6.07 Å². The predicted molar refractivity (Wildman–Crippen MR) is 71.8 cm³/mol. The van der Waals surface area contributed by atoms with Gasteiger partial charge >= 0.3 is 0 Å². The van der Waals surface area contributed by atoms with Crippen molar-refractivity contribution in [2.24, 2.45) is 0 Å². The van der Waals surface area contributed by atoms with Crippen LogP contribution in [-0.4, -0.2) is 0 Å². The lowest BCUT2D eigenvalue weighted by Crippen LogP contribution is -1.93. The molecule has 0 heterocycles. The summed E-state index contributed by atoms with van der Waals surface area (Å²) in [6, 6.07) is 12.4. The van der Waals surface area contributed by atoms with E-state index in [1.54, 1.807) is 30.3 Å². The van der Waals surface area contributed by atoms with Crippen LogP contribution < -0.4 is 10.5 Å². The fourth-order valence-electron chi connectivity index (χ4n) is 1.50. The zero-order chi connectivity index (χ0) is 13.1. The van der Waals surface area contributed by atoms with E-state index in [-0.39, 0.29) is 0 Å². The van der Waals surface area contributed by atoms with Crippen molar-refractivity contribution in [2.45, 2.75) is 6.92 Å². The molecule has 2 aromatic carbocycles. The van der Waals surface area contributed by atoms with Crippen molar-refractivity contribution in [3.8, 4) is 17.6 Å². The molecule has 0 bridgehead atoms. The Hall–Kier alpha value is -2.18. The van der Waals surface area contributed by atoms with E-state index in [1.165, 1.54) is 0 Å². The number of aryl methyl sites for hydroxylation is 1. The van der Waals surface area contributed by atoms with Gasteiger partial charge in [-0.15, -0.1) is 0 Å². The molecule has 2 aromatic rings. The van der Waals surface area contributed by atoms with Gasteiger partial charge in [-0.1, -0.05) is 17.7 Å². The van der Waals surface area contributed by atoms with Gasteiger partial charge in [0.05, 0.1) is 22.3 Å². The third-order valence-electron chi connectivity index (χ3n) is 2.45. The maximum absolute atomic E-state index is 8.84. The summed E-state index contributed by atoms with van der Waals surface area (Å²) in [5.74, 6) is 0.948. The van der Waals surface area contributed by atoms with Crippen molar-refractivity contribution in [1.82, 2.24) is 0 Å². The Morgan fingerprint density at radius 1 is 1.17 bits per heavy atom. The number of hydrogen-bond acceptors (Lipinski definition) is 3. The molecule has 0 saturated heterocycles. The Balaban J connectivity index is 2.37. The summed E-state index contributed by atoms with van der Waals surface area (Å²) >= 11 is 6.07. The van der Waals surface area contributed by atoms with E-state index in [2.05, 4.69) is 0 Å². The monoisotopic (exact) mass is 258 g/mol. The highest BCUT2D eigenvalue weighted by molar-refractivity contribution is 6.32. The molecule has 3 nitrogen and oxygen atoms in total. The molecule has 0 unspecified atom stereocenters. The summed E-state index contributed by atoms with van der Waals surface area (Å²) in [5, 5.41) is 9.35. The first kappa shape index (κ1) is 12.3. The van der Waals surface area contributed by atoms with Gasteiger partial charge in [0.15, 0.2) is 5.75 Å². The molecule has 4 heteroatoms. The molecule has 2 N–H and O–H groups in total. The molecule has 0 aliphatic rings. The molecule has 0 aliphatic heterocycles. The quantitative estimate of drug-likeness (QED) is 0.831. The SMILES string of the molecule is Cc1ccc(Oc2cc(C#N)ccc2N)c(Cl)c1. The van der Waals surface area contributed by atoms with E-state index >= 15 is 0 Å². The number of nitriles is 1. The zero-order valence-electron chi connectivity index (χ0n) is 9.77. The van der Waals surface area contributed by atoms with Crippen LogP contribution in [0.3, 0.4) is 0 Å². The van der Waals surface area contributed by atoms with Gasteiger partial charge in [0.2, 0.25) is 0 Å². The van der Waals surface area contributed by atoms with E-state index in [4.69, 9.17) is 27.3 Å². The molecule has 0 saturated carbocycles. The maximum Gasteiger partial charge on any atom is 0.151 e. The number of hydrogen-bond donors (Lipinski definition) is 1. The van der Waals surface area contributed by atoms with Crippen LogP contribution in [0.4, 0.5) is 5.69 Å². The third kappa shape index (κ3) is 2.55. The van der Waals surface area contributed by atoms with E-state index < -0.39 is 0 Å². The van der Waals surface area contributed by atoms with Gasteiger partial charge in [0.1, 0.15) is 5.75 Å². The van der Waals surface area contributed by atoms with Crippen LogP contribution in [0, 0.1) is 18.3 Å². The minimum absolute atomic E-state index is 0.430. The third-order valence-corrected chi connectivity index (χ3v) is 2.75. The highest BCUT2D eigenvalue weighted by Crippen LogP contribution is 2.33.